The summed E-state index contributed by atoms with van der Waals surface area (Å²) in [5.74, 6) is 2.84. The molecule has 5 rings (SSSR count). The molecule has 0 bridgehead atoms. The van der Waals surface area contributed by atoms with Crippen LogP contribution in [0.15, 0.2) is 42.6 Å². The summed E-state index contributed by atoms with van der Waals surface area (Å²) in [4.78, 5) is 19.0. The Labute approximate surface area is 213 Å². The summed E-state index contributed by atoms with van der Waals surface area (Å²) in [5, 5.41) is 0. The van der Waals surface area contributed by atoms with Crippen LogP contribution in [0.2, 0.25) is 0 Å². The molecule has 0 spiro atoms. The fraction of sp³-hybridized carbons (Fsp3) is 0.333. The fourth-order valence-electron chi connectivity index (χ4n) is 3.86. The highest BCUT2D eigenvalue weighted by Gasteiger charge is 2.24. The van der Waals surface area contributed by atoms with Crippen molar-refractivity contribution in [2.24, 2.45) is 0 Å². The van der Waals surface area contributed by atoms with Gasteiger partial charge in [-0.3, -0.25) is 9.29 Å². The van der Waals surface area contributed by atoms with Gasteiger partial charge in [-0.25, -0.2) is 24.2 Å². The molecule has 1 aliphatic heterocycles. The van der Waals surface area contributed by atoms with Crippen molar-refractivity contribution in [1.82, 2.24) is 28.8 Å². The van der Waals surface area contributed by atoms with Crippen LogP contribution in [-0.4, -0.2) is 75.9 Å². The molecule has 1 aromatic carbocycles. The Hall–Kier alpha value is -3.61. The molecule has 4 heterocycles. The Morgan fingerprint density at radius 3 is 2.47 bits per heavy atom. The molecule has 1 fully saturated rings. The normalized spacial score (nSPS) is 14.1. The van der Waals surface area contributed by atoms with E-state index < -0.39 is 0 Å². The number of aromatic nitrogens is 5. The molecule has 0 amide bonds. The predicted molar refractivity (Wildman–Crippen MR) is 138 cm³/mol. The monoisotopic (exact) mass is 509 g/mol. The van der Waals surface area contributed by atoms with E-state index in [2.05, 4.69) is 14.0 Å². The highest BCUT2D eigenvalue weighted by molar-refractivity contribution is 7.98. The van der Waals surface area contributed by atoms with Gasteiger partial charge in [-0.15, -0.1) is 0 Å². The van der Waals surface area contributed by atoms with E-state index in [9.17, 15) is 0 Å². The van der Waals surface area contributed by atoms with E-state index >= 15 is 0 Å². The van der Waals surface area contributed by atoms with E-state index in [0.717, 1.165) is 13.1 Å². The van der Waals surface area contributed by atoms with Crippen molar-refractivity contribution in [3.63, 3.8) is 0 Å². The van der Waals surface area contributed by atoms with Gasteiger partial charge in [0, 0.05) is 31.3 Å². The zero-order chi connectivity index (χ0) is 24.9. The Morgan fingerprint density at radius 1 is 1.00 bits per heavy atom. The molecular weight excluding hydrogens is 482 g/mol. The number of rotatable bonds is 9. The molecule has 0 aliphatic carbocycles. The first-order chi connectivity index (χ1) is 17.7. The molecule has 1 saturated heterocycles. The molecule has 0 saturated carbocycles. The van der Waals surface area contributed by atoms with Gasteiger partial charge in [0.25, 0.3) is 0 Å². The number of pyridine rings is 1. The first-order valence-electron chi connectivity index (χ1n) is 11.5. The SMILES string of the molecule is CCOc1cccc(-c2nc3nc(NSN4CCOCC4)cnc3n2-c2c(OC)cccc2OC)n1. The van der Waals surface area contributed by atoms with Gasteiger partial charge in [0.15, 0.2) is 22.9 Å². The average molecular weight is 510 g/mol. The summed E-state index contributed by atoms with van der Waals surface area (Å²) < 4.78 is 29.7. The quantitative estimate of drug-likeness (QED) is 0.334. The summed E-state index contributed by atoms with van der Waals surface area (Å²) in [6.45, 7) is 5.51. The summed E-state index contributed by atoms with van der Waals surface area (Å²) in [7, 11) is 3.23. The highest BCUT2D eigenvalue weighted by Crippen LogP contribution is 2.38. The van der Waals surface area contributed by atoms with Gasteiger partial charge in [0.05, 0.1) is 40.2 Å². The smallest absolute Gasteiger partial charge is 0.213 e. The maximum absolute atomic E-state index is 5.69. The van der Waals surface area contributed by atoms with Gasteiger partial charge in [-0.1, -0.05) is 12.1 Å². The minimum Gasteiger partial charge on any atom is -0.494 e. The van der Waals surface area contributed by atoms with Crippen molar-refractivity contribution in [2.75, 3.05) is 51.9 Å². The third-order valence-electron chi connectivity index (χ3n) is 5.49. The summed E-state index contributed by atoms with van der Waals surface area (Å²) in [5.41, 5.74) is 2.25. The molecule has 0 atom stereocenters. The van der Waals surface area contributed by atoms with Crippen LogP contribution in [0.1, 0.15) is 6.92 Å². The fourth-order valence-corrected chi connectivity index (χ4v) is 4.51. The number of nitrogens with one attached hydrogen (secondary N) is 1. The number of morpholine rings is 1. The molecule has 0 unspecified atom stereocenters. The largest absolute Gasteiger partial charge is 0.494 e. The zero-order valence-corrected chi connectivity index (χ0v) is 21.1. The minimum absolute atomic E-state index is 0.453. The van der Waals surface area contributed by atoms with Crippen LogP contribution in [0.4, 0.5) is 5.82 Å². The summed E-state index contributed by atoms with van der Waals surface area (Å²) in [6, 6.07) is 11.1. The molecule has 11 nitrogen and oxygen atoms in total. The Balaban J connectivity index is 1.63. The number of para-hydroxylation sites is 1. The van der Waals surface area contributed by atoms with Crippen LogP contribution in [0, 0.1) is 0 Å². The standard InChI is InChI=1S/C24H27N7O4S/c1-4-35-20-10-5-7-16(26-20)23-28-22-24(31(23)21-17(32-2)8-6-9-18(21)33-3)25-15-19(27-22)29-36-30-11-13-34-14-12-30/h5-10,15H,4,11-14H2,1-3H3,(H,27,29). The second-order valence-corrected chi connectivity index (χ2v) is 8.62. The highest BCUT2D eigenvalue weighted by atomic mass is 32.2. The van der Waals surface area contributed by atoms with Crippen LogP contribution in [0.5, 0.6) is 17.4 Å². The van der Waals surface area contributed by atoms with Gasteiger partial charge in [0.1, 0.15) is 22.9 Å². The Bertz CT molecular complexity index is 1320. The van der Waals surface area contributed by atoms with Crippen molar-refractivity contribution < 1.29 is 18.9 Å². The number of methoxy groups -OCH3 is 2. The van der Waals surface area contributed by atoms with Gasteiger partial charge >= 0.3 is 0 Å². The lowest BCUT2D eigenvalue weighted by atomic mass is 10.2. The van der Waals surface area contributed by atoms with Crippen molar-refractivity contribution >= 4 is 29.2 Å². The molecule has 1 N–H and O–H groups in total. The van der Waals surface area contributed by atoms with Gasteiger partial charge in [0.2, 0.25) is 5.88 Å². The lowest BCUT2D eigenvalue weighted by Crippen LogP contribution is -2.32. The molecule has 36 heavy (non-hydrogen) atoms. The van der Waals surface area contributed by atoms with E-state index in [0.29, 0.717) is 71.5 Å². The average Bonchev–Trinajstić information content (AvgIpc) is 3.30. The Morgan fingerprint density at radius 2 is 1.75 bits per heavy atom. The number of imidazole rings is 1. The van der Waals surface area contributed by atoms with Crippen molar-refractivity contribution in [3.05, 3.63) is 42.6 Å². The molecule has 12 heteroatoms. The summed E-state index contributed by atoms with van der Waals surface area (Å²) >= 11 is 1.48. The number of hydrogen-bond acceptors (Lipinski definition) is 11. The third kappa shape index (κ3) is 4.87. The lowest BCUT2D eigenvalue weighted by Gasteiger charge is -2.24. The number of ether oxygens (including phenoxy) is 4. The lowest BCUT2D eigenvalue weighted by molar-refractivity contribution is 0.0775. The van der Waals surface area contributed by atoms with Crippen LogP contribution in [0.3, 0.4) is 0 Å². The maximum atomic E-state index is 5.69. The molecule has 3 aromatic heterocycles. The topological polar surface area (TPSA) is 109 Å². The first-order valence-corrected chi connectivity index (χ1v) is 12.3. The number of hydrogen-bond donors (Lipinski definition) is 1. The van der Waals surface area contributed by atoms with E-state index in [4.69, 9.17) is 33.9 Å². The number of anilines is 1. The first kappa shape index (κ1) is 24.1. The van der Waals surface area contributed by atoms with E-state index in [1.54, 1.807) is 20.4 Å². The molecular formula is C24H27N7O4S. The van der Waals surface area contributed by atoms with Crippen LogP contribution in [-0.2, 0) is 4.74 Å². The van der Waals surface area contributed by atoms with Crippen LogP contribution < -0.4 is 18.9 Å². The van der Waals surface area contributed by atoms with Gasteiger partial charge < -0.3 is 18.9 Å². The number of fused-ring (bicyclic) bond motifs is 1. The van der Waals surface area contributed by atoms with Crippen LogP contribution >= 0.6 is 12.1 Å². The van der Waals surface area contributed by atoms with Gasteiger partial charge in [-0.05, 0) is 25.1 Å². The number of nitrogens with zero attached hydrogens (tertiary/aromatic N) is 6. The van der Waals surface area contributed by atoms with Crippen LogP contribution in [0.25, 0.3) is 28.5 Å². The van der Waals surface area contributed by atoms with Gasteiger partial charge in [-0.2, -0.15) is 0 Å². The zero-order valence-electron chi connectivity index (χ0n) is 20.3. The molecule has 188 valence electrons. The second kappa shape index (κ2) is 11.0. The van der Waals surface area contributed by atoms with E-state index in [1.165, 1.54) is 12.1 Å². The number of benzene rings is 1. The minimum atomic E-state index is 0.453. The predicted octanol–water partition coefficient (Wildman–Crippen LogP) is 3.60. The van der Waals surface area contributed by atoms with Crippen molar-refractivity contribution in [2.45, 2.75) is 6.92 Å². The second-order valence-electron chi connectivity index (χ2n) is 7.71. The Kier molecular flexibility index (Phi) is 7.35. The molecule has 1 aliphatic rings. The summed E-state index contributed by atoms with van der Waals surface area (Å²) in [6.07, 6.45) is 1.68. The van der Waals surface area contributed by atoms with Crippen molar-refractivity contribution in [1.29, 1.82) is 0 Å². The van der Waals surface area contributed by atoms with Crippen molar-refractivity contribution in [3.8, 4) is 34.6 Å². The third-order valence-corrected chi connectivity index (χ3v) is 6.41. The molecule has 4 aromatic rings. The van der Waals surface area contributed by atoms with E-state index in [1.807, 2.05) is 47.9 Å². The molecule has 0 radical (unpaired) electrons. The van der Waals surface area contributed by atoms with E-state index in [-0.39, 0.29) is 0 Å². The maximum Gasteiger partial charge on any atom is 0.213 e.